The number of nitrogens with zero attached hydrogens (tertiary/aromatic N) is 2. The molecule has 0 N–H and O–H groups in total. The van der Waals surface area contributed by atoms with Crippen LogP contribution in [0.25, 0.3) is 0 Å². The van der Waals surface area contributed by atoms with Gasteiger partial charge in [0.25, 0.3) is 5.91 Å². The first-order valence-corrected chi connectivity index (χ1v) is 11.6. The number of carbonyl (C=O) groups is 3. The first kappa shape index (κ1) is 22.0. The molecule has 0 bridgehead atoms. The molecule has 3 aromatic rings. The summed E-state index contributed by atoms with van der Waals surface area (Å²) in [6, 6.07) is 20.0. The molecule has 1 aromatic heterocycles. The number of imide groups is 1. The molecule has 0 spiro atoms. The van der Waals surface area contributed by atoms with Gasteiger partial charge in [0.2, 0.25) is 11.8 Å². The van der Waals surface area contributed by atoms with Crippen molar-refractivity contribution in [3.63, 3.8) is 0 Å². The number of thiophene rings is 1. The Hall–Kier alpha value is -3.25. The molecule has 164 valence electrons. The molecule has 1 atom stereocenters. The molecule has 0 aliphatic carbocycles. The van der Waals surface area contributed by atoms with Crippen LogP contribution in [0.2, 0.25) is 0 Å². The molecule has 3 amide bonds. The Morgan fingerprint density at radius 3 is 2.38 bits per heavy atom. The number of hydrogen-bond donors (Lipinski definition) is 0. The van der Waals surface area contributed by atoms with Gasteiger partial charge in [-0.15, -0.1) is 11.3 Å². The average Bonchev–Trinajstić information content (AvgIpc) is 3.40. The first-order chi connectivity index (χ1) is 15.4. The minimum atomic E-state index is -0.800. The van der Waals surface area contributed by atoms with Gasteiger partial charge in [0, 0.05) is 4.88 Å². The van der Waals surface area contributed by atoms with Gasteiger partial charge in [-0.2, -0.15) is 0 Å². The van der Waals surface area contributed by atoms with Gasteiger partial charge >= 0.3 is 0 Å². The van der Waals surface area contributed by atoms with Crippen LogP contribution in [0.15, 0.2) is 72.1 Å². The number of carbonyl (C=O) groups excluding carboxylic acids is 3. The molecule has 1 aliphatic heterocycles. The third-order valence-electron chi connectivity index (χ3n) is 5.74. The Labute approximate surface area is 192 Å². The molecular weight excluding hydrogens is 420 g/mol. The largest absolute Gasteiger partial charge is 0.325 e. The predicted molar refractivity (Wildman–Crippen MR) is 126 cm³/mol. The van der Waals surface area contributed by atoms with Crippen molar-refractivity contribution >= 4 is 34.7 Å². The van der Waals surface area contributed by atoms with Crippen molar-refractivity contribution in [1.82, 2.24) is 4.90 Å². The maximum absolute atomic E-state index is 13.4. The topological polar surface area (TPSA) is 57.7 Å². The van der Waals surface area contributed by atoms with Crippen LogP contribution in [-0.4, -0.2) is 28.7 Å². The zero-order valence-electron chi connectivity index (χ0n) is 18.2. The van der Waals surface area contributed by atoms with E-state index < -0.39 is 6.04 Å². The van der Waals surface area contributed by atoms with Gasteiger partial charge in [0.1, 0.15) is 6.04 Å². The molecule has 2 aromatic carbocycles. The van der Waals surface area contributed by atoms with Gasteiger partial charge in [-0.05, 0) is 40.6 Å². The maximum atomic E-state index is 13.4. The highest BCUT2D eigenvalue weighted by molar-refractivity contribution is 7.09. The summed E-state index contributed by atoms with van der Waals surface area (Å²) in [6.45, 7) is 4.50. The van der Waals surface area contributed by atoms with Crippen LogP contribution in [0, 0.1) is 0 Å². The van der Waals surface area contributed by atoms with Crippen molar-refractivity contribution in [1.29, 1.82) is 0 Å². The number of amides is 3. The molecule has 1 saturated heterocycles. The van der Waals surface area contributed by atoms with Crippen molar-refractivity contribution in [2.75, 3.05) is 4.90 Å². The quantitative estimate of drug-likeness (QED) is 0.491. The van der Waals surface area contributed by atoms with Crippen LogP contribution in [0.4, 0.5) is 5.69 Å². The maximum Gasteiger partial charge on any atom is 0.257 e. The van der Waals surface area contributed by atoms with Crippen LogP contribution in [0.1, 0.15) is 42.2 Å². The van der Waals surface area contributed by atoms with E-state index in [2.05, 4.69) is 13.8 Å². The van der Waals surface area contributed by atoms with Gasteiger partial charge in [-0.1, -0.05) is 62.4 Å². The van der Waals surface area contributed by atoms with E-state index in [1.165, 1.54) is 16.2 Å². The third-order valence-corrected chi connectivity index (χ3v) is 6.60. The standard InChI is InChI=1S/C26H26N2O3S/c1-18(2)20-10-12-21(13-11-20)28-25(30)16-23(26(28)31)27(17-22-9-6-14-32-22)24(29)15-19-7-4-3-5-8-19/h3-14,18,23H,15-17H2,1-2H3. The average molecular weight is 447 g/mol. The smallest absolute Gasteiger partial charge is 0.257 e. The molecule has 32 heavy (non-hydrogen) atoms. The van der Waals surface area contributed by atoms with Gasteiger partial charge in [0.15, 0.2) is 0 Å². The summed E-state index contributed by atoms with van der Waals surface area (Å²) in [7, 11) is 0. The van der Waals surface area contributed by atoms with E-state index >= 15 is 0 Å². The van der Waals surface area contributed by atoms with Gasteiger partial charge in [-0.3, -0.25) is 14.4 Å². The number of benzene rings is 2. The normalized spacial score (nSPS) is 16.1. The Morgan fingerprint density at radius 2 is 1.75 bits per heavy atom. The number of rotatable bonds is 7. The minimum absolute atomic E-state index is 0.00330. The minimum Gasteiger partial charge on any atom is -0.325 e. The Morgan fingerprint density at radius 1 is 1.03 bits per heavy atom. The van der Waals surface area contributed by atoms with Crippen LogP contribution < -0.4 is 4.90 Å². The summed E-state index contributed by atoms with van der Waals surface area (Å²) in [5.74, 6) is -0.419. The van der Waals surface area contributed by atoms with Crippen molar-refractivity contribution in [3.8, 4) is 0 Å². The first-order valence-electron chi connectivity index (χ1n) is 10.8. The van der Waals surface area contributed by atoms with Crippen LogP contribution in [-0.2, 0) is 27.3 Å². The van der Waals surface area contributed by atoms with E-state index in [-0.39, 0.29) is 30.6 Å². The summed E-state index contributed by atoms with van der Waals surface area (Å²) in [4.78, 5) is 43.3. The lowest BCUT2D eigenvalue weighted by Gasteiger charge is -2.27. The van der Waals surface area contributed by atoms with Gasteiger partial charge < -0.3 is 4.90 Å². The summed E-state index contributed by atoms with van der Waals surface area (Å²) < 4.78 is 0. The molecule has 2 heterocycles. The lowest BCUT2D eigenvalue weighted by molar-refractivity contribution is -0.138. The highest BCUT2D eigenvalue weighted by Gasteiger charge is 2.44. The molecule has 1 aliphatic rings. The highest BCUT2D eigenvalue weighted by Crippen LogP contribution is 2.29. The van der Waals surface area contributed by atoms with Crippen LogP contribution in [0.5, 0.6) is 0 Å². The fourth-order valence-corrected chi connectivity index (χ4v) is 4.66. The summed E-state index contributed by atoms with van der Waals surface area (Å²) in [5, 5.41) is 1.94. The predicted octanol–water partition coefficient (Wildman–Crippen LogP) is 4.77. The second kappa shape index (κ2) is 9.49. The van der Waals surface area contributed by atoms with E-state index in [9.17, 15) is 14.4 Å². The fourth-order valence-electron chi connectivity index (χ4n) is 3.95. The second-order valence-electron chi connectivity index (χ2n) is 8.30. The Balaban J connectivity index is 1.59. The SMILES string of the molecule is CC(C)c1ccc(N2C(=O)CC(N(Cc3cccs3)C(=O)Cc3ccccc3)C2=O)cc1. The van der Waals surface area contributed by atoms with E-state index in [1.54, 1.807) is 4.90 Å². The fraction of sp³-hybridized carbons (Fsp3) is 0.269. The van der Waals surface area contributed by atoms with Crippen molar-refractivity contribution in [3.05, 3.63) is 88.1 Å². The lowest BCUT2D eigenvalue weighted by Crippen LogP contribution is -2.45. The van der Waals surface area contributed by atoms with E-state index in [1.807, 2.05) is 72.1 Å². The third kappa shape index (κ3) is 4.65. The summed E-state index contributed by atoms with van der Waals surface area (Å²) >= 11 is 1.53. The van der Waals surface area contributed by atoms with Crippen LogP contribution in [0.3, 0.4) is 0 Å². The molecule has 6 heteroatoms. The highest BCUT2D eigenvalue weighted by atomic mass is 32.1. The molecule has 0 radical (unpaired) electrons. The molecule has 1 fully saturated rings. The van der Waals surface area contributed by atoms with Crippen molar-refractivity contribution in [2.24, 2.45) is 0 Å². The second-order valence-corrected chi connectivity index (χ2v) is 9.33. The van der Waals surface area contributed by atoms with Crippen LogP contribution >= 0.6 is 11.3 Å². The zero-order chi connectivity index (χ0) is 22.7. The molecule has 4 rings (SSSR count). The summed E-state index contributed by atoms with van der Waals surface area (Å²) in [6.07, 6.45) is 0.184. The zero-order valence-corrected chi connectivity index (χ0v) is 19.0. The summed E-state index contributed by atoms with van der Waals surface area (Å²) in [5.41, 5.74) is 2.58. The Kier molecular flexibility index (Phi) is 6.51. The van der Waals surface area contributed by atoms with Gasteiger partial charge in [-0.25, -0.2) is 4.90 Å². The van der Waals surface area contributed by atoms with Crippen molar-refractivity contribution < 1.29 is 14.4 Å². The monoisotopic (exact) mass is 446 g/mol. The molecular formula is C26H26N2O3S. The van der Waals surface area contributed by atoms with Crippen molar-refractivity contribution in [2.45, 2.75) is 45.2 Å². The van der Waals surface area contributed by atoms with E-state index in [0.29, 0.717) is 18.2 Å². The lowest BCUT2D eigenvalue weighted by atomic mass is 10.0. The van der Waals surface area contributed by atoms with Gasteiger partial charge in [0.05, 0.1) is 25.1 Å². The Bertz CT molecular complexity index is 1090. The van der Waals surface area contributed by atoms with E-state index in [0.717, 1.165) is 16.0 Å². The molecule has 1 unspecified atom stereocenters. The molecule has 0 saturated carbocycles. The van der Waals surface area contributed by atoms with E-state index in [4.69, 9.17) is 0 Å². The molecule has 5 nitrogen and oxygen atoms in total. The number of anilines is 1. The number of hydrogen-bond acceptors (Lipinski definition) is 4.